The summed E-state index contributed by atoms with van der Waals surface area (Å²) in [6.45, 7) is 8.21. The first-order valence-electron chi connectivity index (χ1n) is 12.5. The third-order valence-electron chi connectivity index (χ3n) is 6.63. The van der Waals surface area contributed by atoms with Gasteiger partial charge in [0.05, 0.1) is 37.7 Å². The second kappa shape index (κ2) is 10.5. The highest BCUT2D eigenvalue weighted by Gasteiger charge is 2.31. The summed E-state index contributed by atoms with van der Waals surface area (Å²) in [5.41, 5.74) is 6.76. The van der Waals surface area contributed by atoms with Crippen LogP contribution in [0.5, 0.6) is 5.75 Å². The van der Waals surface area contributed by atoms with Gasteiger partial charge < -0.3 is 25.6 Å². The molecular weight excluding hydrogens is 479 g/mol. The number of anilines is 2. The van der Waals surface area contributed by atoms with Gasteiger partial charge in [-0.25, -0.2) is 14.4 Å². The number of nitrogens with zero attached hydrogens (tertiary/aromatic N) is 7. The van der Waals surface area contributed by atoms with E-state index < -0.39 is 11.4 Å². The molecule has 4 N–H and O–H groups in total. The second-order valence-corrected chi connectivity index (χ2v) is 9.51. The Morgan fingerprint density at radius 1 is 1.24 bits per heavy atom. The van der Waals surface area contributed by atoms with Crippen molar-refractivity contribution in [3.63, 3.8) is 0 Å². The van der Waals surface area contributed by atoms with E-state index in [1.54, 1.807) is 17.8 Å². The highest BCUT2D eigenvalue weighted by Crippen LogP contribution is 2.34. The maximum atomic E-state index is 14.4. The molecule has 0 saturated carbocycles. The Labute approximate surface area is 214 Å². The van der Waals surface area contributed by atoms with E-state index in [0.29, 0.717) is 28.9 Å². The molecule has 3 unspecified atom stereocenters. The fourth-order valence-corrected chi connectivity index (χ4v) is 4.64. The second-order valence-electron chi connectivity index (χ2n) is 9.51. The van der Waals surface area contributed by atoms with Gasteiger partial charge in [0.2, 0.25) is 5.95 Å². The van der Waals surface area contributed by atoms with Crippen LogP contribution >= 0.6 is 0 Å². The van der Waals surface area contributed by atoms with E-state index in [4.69, 9.17) is 15.5 Å². The molecule has 0 amide bonds. The van der Waals surface area contributed by atoms with Crippen molar-refractivity contribution in [1.82, 2.24) is 29.4 Å². The minimum Gasteiger partial charge on any atom is -0.494 e. The normalized spacial score (nSPS) is 19.5. The lowest BCUT2D eigenvalue weighted by atomic mass is 9.92. The van der Waals surface area contributed by atoms with Gasteiger partial charge in [-0.2, -0.15) is 9.61 Å². The quantitative estimate of drug-likeness (QED) is 0.354. The third-order valence-corrected chi connectivity index (χ3v) is 6.63. The largest absolute Gasteiger partial charge is 0.494 e. The molecule has 11 nitrogen and oxygen atoms in total. The van der Waals surface area contributed by atoms with Crippen molar-refractivity contribution < 1.29 is 19.3 Å². The predicted molar refractivity (Wildman–Crippen MR) is 139 cm³/mol. The van der Waals surface area contributed by atoms with E-state index in [1.807, 2.05) is 20.0 Å². The van der Waals surface area contributed by atoms with Crippen molar-refractivity contribution in [2.75, 3.05) is 30.9 Å². The number of aliphatic hydroxyl groups excluding tert-OH is 1. The number of nitrogens with two attached hydrogens (primary N) is 1. The van der Waals surface area contributed by atoms with Crippen LogP contribution in [-0.2, 0) is 6.54 Å². The molecule has 0 bridgehead atoms. The van der Waals surface area contributed by atoms with Gasteiger partial charge in [-0.3, -0.25) is 4.68 Å². The van der Waals surface area contributed by atoms with Crippen molar-refractivity contribution in [2.45, 2.75) is 64.6 Å². The molecule has 0 radical (unpaired) electrons. The molecule has 37 heavy (non-hydrogen) atoms. The molecule has 200 valence electrons. The van der Waals surface area contributed by atoms with Gasteiger partial charge in [0.15, 0.2) is 23.0 Å². The van der Waals surface area contributed by atoms with Crippen LogP contribution in [0.3, 0.4) is 0 Å². The maximum absolute atomic E-state index is 14.4. The molecular formula is C25H35FN8O3. The number of piperidine rings is 1. The van der Waals surface area contributed by atoms with Crippen molar-refractivity contribution >= 4 is 28.2 Å². The fourth-order valence-electron chi connectivity index (χ4n) is 4.64. The maximum Gasteiger partial charge on any atom is 0.223 e. The minimum atomic E-state index is -1.25. The monoisotopic (exact) mass is 514 g/mol. The van der Waals surface area contributed by atoms with E-state index in [-0.39, 0.29) is 36.8 Å². The van der Waals surface area contributed by atoms with Gasteiger partial charge in [0.1, 0.15) is 5.60 Å². The highest BCUT2D eigenvalue weighted by atomic mass is 19.1. The number of aliphatic hydroxyl groups is 2. The Hall–Kier alpha value is -3.51. The van der Waals surface area contributed by atoms with E-state index in [2.05, 4.69) is 27.0 Å². The van der Waals surface area contributed by atoms with Gasteiger partial charge in [0.25, 0.3) is 0 Å². The lowest BCUT2D eigenvalue weighted by Gasteiger charge is -2.37. The first-order valence-corrected chi connectivity index (χ1v) is 12.5. The molecule has 1 aliphatic heterocycles. The van der Waals surface area contributed by atoms with Crippen LogP contribution in [-0.4, -0.2) is 71.5 Å². The molecule has 3 atom stereocenters. The van der Waals surface area contributed by atoms with E-state index in [0.717, 1.165) is 18.5 Å². The number of rotatable bonds is 6. The first kappa shape index (κ1) is 26.6. The number of nitrogen functional groups attached to an aromatic ring is 1. The topological polar surface area (TPSA) is 140 Å². The highest BCUT2D eigenvalue weighted by molar-refractivity contribution is 5.93. The SMILES string of the molecule is CC.COc1cc2nc(N)n3nc(C4CCC(C)N(c5cnn(CC(C)(O)CO)c5)C4)nc3c2cc1F. The summed E-state index contributed by atoms with van der Waals surface area (Å²) in [6, 6.07) is 3.12. The zero-order valence-electron chi connectivity index (χ0n) is 21.9. The number of ether oxygens (including phenoxy) is 1. The van der Waals surface area contributed by atoms with E-state index >= 15 is 0 Å². The summed E-state index contributed by atoms with van der Waals surface area (Å²) >= 11 is 0. The minimum absolute atomic E-state index is 0.0209. The standard InChI is InChI=1S/C23H29FN8O3.C2H6/c1-13-4-5-14(9-31(13)15-8-26-30(10-15)11-23(2,34)12-33)20-28-21-16-6-17(24)19(35-3)7-18(16)27-22(25)32(21)29-20;1-2/h6-8,10,13-14,33-34H,4-5,9,11-12H2,1-3H3,(H2,25,27);1-2H3. The number of halogens is 1. The molecule has 12 heteroatoms. The zero-order chi connectivity index (χ0) is 26.9. The van der Waals surface area contributed by atoms with Gasteiger partial charge in [-0.15, -0.1) is 5.10 Å². The molecule has 0 aliphatic carbocycles. The first-order chi connectivity index (χ1) is 17.7. The smallest absolute Gasteiger partial charge is 0.223 e. The van der Waals surface area contributed by atoms with Crippen LogP contribution in [0.1, 0.15) is 52.3 Å². The number of fused-ring (bicyclic) bond motifs is 3. The summed E-state index contributed by atoms with van der Waals surface area (Å²) in [6.07, 6.45) is 5.43. The summed E-state index contributed by atoms with van der Waals surface area (Å²) < 4.78 is 22.6. The number of hydrogen-bond acceptors (Lipinski definition) is 9. The third kappa shape index (κ3) is 5.16. The number of hydrogen-bond donors (Lipinski definition) is 3. The zero-order valence-corrected chi connectivity index (χ0v) is 21.9. The molecule has 5 rings (SSSR count). The van der Waals surface area contributed by atoms with Crippen LogP contribution in [0.4, 0.5) is 16.0 Å². The van der Waals surface area contributed by atoms with Crippen LogP contribution in [0.15, 0.2) is 24.5 Å². The Balaban J connectivity index is 0.00000156. The van der Waals surface area contributed by atoms with Crippen molar-refractivity contribution in [3.8, 4) is 5.75 Å². The van der Waals surface area contributed by atoms with Crippen LogP contribution in [0.2, 0.25) is 0 Å². The number of benzene rings is 1. The summed E-state index contributed by atoms with van der Waals surface area (Å²) in [5, 5.41) is 29.0. The predicted octanol–water partition coefficient (Wildman–Crippen LogP) is 2.75. The fraction of sp³-hybridized carbons (Fsp3) is 0.520. The van der Waals surface area contributed by atoms with Crippen molar-refractivity contribution in [1.29, 1.82) is 0 Å². The number of methoxy groups -OCH3 is 1. The van der Waals surface area contributed by atoms with Gasteiger partial charge >= 0.3 is 0 Å². The van der Waals surface area contributed by atoms with Crippen molar-refractivity contribution in [3.05, 3.63) is 36.2 Å². The average Bonchev–Trinajstić information content (AvgIpc) is 3.54. The summed E-state index contributed by atoms with van der Waals surface area (Å²) in [7, 11) is 1.40. The molecule has 1 aromatic carbocycles. The average molecular weight is 515 g/mol. The Morgan fingerprint density at radius 2 is 2.00 bits per heavy atom. The Bertz CT molecular complexity index is 1390. The Kier molecular flexibility index (Phi) is 7.51. The molecule has 1 fully saturated rings. The van der Waals surface area contributed by atoms with E-state index in [9.17, 15) is 14.6 Å². The van der Waals surface area contributed by atoms with Gasteiger partial charge in [-0.1, -0.05) is 13.8 Å². The van der Waals surface area contributed by atoms with Crippen molar-refractivity contribution in [2.24, 2.45) is 0 Å². The summed E-state index contributed by atoms with van der Waals surface area (Å²) in [5.74, 6) is 0.389. The molecule has 1 saturated heterocycles. The van der Waals surface area contributed by atoms with Crippen LogP contribution in [0.25, 0.3) is 16.6 Å². The van der Waals surface area contributed by atoms with E-state index in [1.165, 1.54) is 23.8 Å². The lowest BCUT2D eigenvalue weighted by molar-refractivity contribution is -0.0145. The van der Waals surface area contributed by atoms with Crippen LogP contribution < -0.4 is 15.4 Å². The molecule has 4 heterocycles. The molecule has 3 aromatic heterocycles. The Morgan fingerprint density at radius 3 is 2.70 bits per heavy atom. The summed E-state index contributed by atoms with van der Waals surface area (Å²) in [4.78, 5) is 11.4. The van der Waals surface area contributed by atoms with Gasteiger partial charge in [0, 0.05) is 36.2 Å². The van der Waals surface area contributed by atoms with Crippen LogP contribution in [0, 0.1) is 5.82 Å². The van der Waals surface area contributed by atoms with Gasteiger partial charge in [-0.05, 0) is 32.8 Å². The molecule has 4 aromatic rings. The number of aromatic nitrogens is 6. The molecule has 0 spiro atoms. The molecule has 1 aliphatic rings. The lowest BCUT2D eigenvalue weighted by Crippen LogP contribution is -2.41.